The molecule has 160 valence electrons. The van der Waals surface area contributed by atoms with E-state index in [0.717, 1.165) is 28.9 Å². The molecular formula is C23H24N4O3S. The van der Waals surface area contributed by atoms with Crippen molar-refractivity contribution in [2.45, 2.75) is 19.9 Å². The number of aromatic nitrogens is 3. The molecule has 0 N–H and O–H groups in total. The van der Waals surface area contributed by atoms with E-state index in [1.54, 1.807) is 48.8 Å². The third-order valence-electron chi connectivity index (χ3n) is 4.84. The number of hydrogen-bond donors (Lipinski definition) is 0. The molecule has 4 aromatic rings. The van der Waals surface area contributed by atoms with Gasteiger partial charge in [-0.3, -0.25) is 9.69 Å². The predicted molar refractivity (Wildman–Crippen MR) is 122 cm³/mol. The summed E-state index contributed by atoms with van der Waals surface area (Å²) < 4.78 is 14.0. The lowest BCUT2D eigenvalue weighted by Crippen LogP contribution is -2.36. The Labute approximate surface area is 184 Å². The summed E-state index contributed by atoms with van der Waals surface area (Å²) in [5.41, 5.74) is 2.07. The number of benzene rings is 2. The number of rotatable bonds is 9. The molecule has 0 saturated heterocycles. The largest absolute Gasteiger partial charge is 0.497 e. The van der Waals surface area contributed by atoms with Crippen LogP contribution in [0.3, 0.4) is 0 Å². The van der Waals surface area contributed by atoms with E-state index in [1.165, 1.54) is 16.9 Å². The summed E-state index contributed by atoms with van der Waals surface area (Å²) in [6.07, 6.45) is 6.22. The minimum atomic E-state index is -0.128. The fraction of sp³-hybridized carbons (Fsp3) is 0.261. The maximum Gasteiger partial charge on any atom is 0.266 e. The molecule has 31 heavy (non-hydrogen) atoms. The Bertz CT molecular complexity index is 1140. The second-order valence-electron chi connectivity index (χ2n) is 7.13. The van der Waals surface area contributed by atoms with Crippen LogP contribution in [0, 0.1) is 6.92 Å². The number of nitrogens with zero attached hydrogens (tertiary/aromatic N) is 4. The monoisotopic (exact) mass is 436 g/mol. The molecule has 0 fully saturated rings. The van der Waals surface area contributed by atoms with Crippen LogP contribution in [0.4, 0.5) is 5.13 Å². The smallest absolute Gasteiger partial charge is 0.266 e. The van der Waals surface area contributed by atoms with E-state index < -0.39 is 0 Å². The fourth-order valence-electron chi connectivity index (χ4n) is 3.19. The van der Waals surface area contributed by atoms with Gasteiger partial charge in [0.05, 0.1) is 23.7 Å². The first-order valence-electron chi connectivity index (χ1n) is 10.0. The Balaban J connectivity index is 1.48. The second-order valence-corrected chi connectivity index (χ2v) is 8.14. The lowest BCUT2D eigenvalue weighted by atomic mass is 10.2. The molecule has 0 spiro atoms. The van der Waals surface area contributed by atoms with Gasteiger partial charge < -0.3 is 14.0 Å². The first-order valence-corrected chi connectivity index (χ1v) is 10.8. The van der Waals surface area contributed by atoms with E-state index in [-0.39, 0.29) is 12.5 Å². The van der Waals surface area contributed by atoms with E-state index in [9.17, 15) is 4.79 Å². The Kier molecular flexibility index (Phi) is 6.47. The van der Waals surface area contributed by atoms with Gasteiger partial charge in [0.25, 0.3) is 5.91 Å². The number of carbonyl (C=O) groups is 1. The number of imidazole rings is 1. The quantitative estimate of drug-likeness (QED) is 0.391. The molecule has 0 bridgehead atoms. The van der Waals surface area contributed by atoms with E-state index in [4.69, 9.17) is 14.5 Å². The standard InChI is InChI=1S/C23H24N4O3S/c1-17-4-9-20-21(14-17)31-23(25-20)27(12-3-11-26-13-10-24-16-26)22(28)15-30-19-7-5-18(29-2)6-8-19/h4-10,13-14,16H,3,11-12,15H2,1-2H3. The maximum absolute atomic E-state index is 13.1. The average molecular weight is 437 g/mol. The van der Waals surface area contributed by atoms with Gasteiger partial charge in [0, 0.05) is 25.5 Å². The fourth-order valence-corrected chi connectivity index (χ4v) is 4.29. The number of hydrogen-bond acceptors (Lipinski definition) is 6. The normalized spacial score (nSPS) is 10.9. The number of anilines is 1. The third-order valence-corrected chi connectivity index (χ3v) is 5.88. The number of aryl methyl sites for hydroxylation is 2. The number of fused-ring (bicyclic) bond motifs is 1. The van der Waals surface area contributed by atoms with Gasteiger partial charge in [-0.1, -0.05) is 17.4 Å². The molecule has 4 rings (SSSR count). The minimum absolute atomic E-state index is 0.0631. The van der Waals surface area contributed by atoms with Gasteiger partial charge >= 0.3 is 0 Å². The molecule has 2 aromatic carbocycles. The summed E-state index contributed by atoms with van der Waals surface area (Å²) in [5, 5.41) is 0.689. The summed E-state index contributed by atoms with van der Waals surface area (Å²) >= 11 is 1.53. The number of methoxy groups -OCH3 is 1. The van der Waals surface area contributed by atoms with Crippen molar-refractivity contribution in [2.24, 2.45) is 0 Å². The highest BCUT2D eigenvalue weighted by Gasteiger charge is 2.20. The SMILES string of the molecule is COc1ccc(OCC(=O)N(CCCn2ccnc2)c2nc3ccc(C)cc3s2)cc1. The molecule has 8 heteroatoms. The number of amides is 1. The molecule has 2 aromatic heterocycles. The highest BCUT2D eigenvalue weighted by molar-refractivity contribution is 7.22. The average Bonchev–Trinajstić information content (AvgIpc) is 3.44. The Morgan fingerprint density at radius 3 is 2.71 bits per heavy atom. The topological polar surface area (TPSA) is 69.5 Å². The van der Waals surface area contributed by atoms with Crippen LogP contribution in [0.1, 0.15) is 12.0 Å². The minimum Gasteiger partial charge on any atom is -0.497 e. The van der Waals surface area contributed by atoms with Crippen LogP contribution in [0.5, 0.6) is 11.5 Å². The van der Waals surface area contributed by atoms with Gasteiger partial charge in [0.1, 0.15) is 11.5 Å². The van der Waals surface area contributed by atoms with Crippen LogP contribution in [-0.2, 0) is 11.3 Å². The molecule has 0 aliphatic carbocycles. The Morgan fingerprint density at radius 1 is 1.16 bits per heavy atom. The molecule has 0 aliphatic rings. The van der Waals surface area contributed by atoms with E-state index >= 15 is 0 Å². The van der Waals surface area contributed by atoms with Crippen molar-refractivity contribution in [3.63, 3.8) is 0 Å². The molecule has 0 saturated carbocycles. The van der Waals surface area contributed by atoms with Crippen molar-refractivity contribution >= 4 is 32.6 Å². The second kappa shape index (κ2) is 9.61. The van der Waals surface area contributed by atoms with Crippen LogP contribution in [0.25, 0.3) is 10.2 Å². The molecule has 0 unspecified atom stereocenters. The summed E-state index contributed by atoms with van der Waals surface area (Å²) in [7, 11) is 1.61. The van der Waals surface area contributed by atoms with Crippen LogP contribution >= 0.6 is 11.3 Å². The molecule has 0 atom stereocenters. The maximum atomic E-state index is 13.1. The number of carbonyl (C=O) groups excluding carboxylic acids is 1. The first-order chi connectivity index (χ1) is 15.1. The van der Waals surface area contributed by atoms with E-state index in [1.807, 2.05) is 22.9 Å². The summed E-state index contributed by atoms with van der Waals surface area (Å²) in [4.78, 5) is 23.6. The van der Waals surface area contributed by atoms with Crippen molar-refractivity contribution in [1.82, 2.24) is 14.5 Å². The third kappa shape index (κ3) is 5.21. The van der Waals surface area contributed by atoms with Gasteiger partial charge in [-0.2, -0.15) is 0 Å². The highest BCUT2D eigenvalue weighted by Crippen LogP contribution is 2.30. The van der Waals surface area contributed by atoms with Crippen molar-refractivity contribution in [2.75, 3.05) is 25.2 Å². The molecular weight excluding hydrogens is 412 g/mol. The molecule has 2 heterocycles. The zero-order chi connectivity index (χ0) is 21.6. The molecule has 0 radical (unpaired) electrons. The van der Waals surface area contributed by atoms with Crippen LogP contribution in [0.15, 0.2) is 61.2 Å². The lowest BCUT2D eigenvalue weighted by Gasteiger charge is -2.20. The molecule has 7 nitrogen and oxygen atoms in total. The zero-order valence-electron chi connectivity index (χ0n) is 17.5. The van der Waals surface area contributed by atoms with Crippen molar-refractivity contribution in [3.8, 4) is 11.5 Å². The predicted octanol–water partition coefficient (Wildman–Crippen LogP) is 4.31. The van der Waals surface area contributed by atoms with E-state index in [0.29, 0.717) is 17.4 Å². The van der Waals surface area contributed by atoms with Crippen LogP contribution in [0.2, 0.25) is 0 Å². The zero-order valence-corrected chi connectivity index (χ0v) is 18.3. The molecule has 1 amide bonds. The summed E-state index contributed by atoms with van der Waals surface area (Å²) in [5.74, 6) is 1.23. The van der Waals surface area contributed by atoms with Crippen LogP contribution in [-0.4, -0.2) is 40.7 Å². The van der Waals surface area contributed by atoms with Gasteiger partial charge in [-0.15, -0.1) is 0 Å². The summed E-state index contributed by atoms with van der Waals surface area (Å²) in [6, 6.07) is 13.3. The lowest BCUT2D eigenvalue weighted by molar-refractivity contribution is -0.120. The molecule has 0 aliphatic heterocycles. The first kappa shape index (κ1) is 20.9. The number of ether oxygens (including phenoxy) is 2. The van der Waals surface area contributed by atoms with Gasteiger partial charge in [-0.25, -0.2) is 9.97 Å². The van der Waals surface area contributed by atoms with Crippen molar-refractivity contribution in [1.29, 1.82) is 0 Å². The van der Waals surface area contributed by atoms with Gasteiger partial charge in [0.2, 0.25) is 0 Å². The van der Waals surface area contributed by atoms with Gasteiger partial charge in [-0.05, 0) is 55.3 Å². The number of thiazole rings is 1. The van der Waals surface area contributed by atoms with Crippen molar-refractivity contribution in [3.05, 3.63) is 66.7 Å². The van der Waals surface area contributed by atoms with Gasteiger partial charge in [0.15, 0.2) is 11.7 Å². The summed E-state index contributed by atoms with van der Waals surface area (Å²) in [6.45, 7) is 3.30. The Hall–Kier alpha value is -3.39. The van der Waals surface area contributed by atoms with Crippen molar-refractivity contribution < 1.29 is 14.3 Å². The van der Waals surface area contributed by atoms with E-state index in [2.05, 4.69) is 18.0 Å². The van der Waals surface area contributed by atoms with Crippen LogP contribution < -0.4 is 14.4 Å². The highest BCUT2D eigenvalue weighted by atomic mass is 32.1. The Morgan fingerprint density at radius 2 is 1.97 bits per heavy atom.